The van der Waals surface area contributed by atoms with E-state index in [1.165, 1.54) is 6.42 Å². The fraction of sp³-hybridized carbons (Fsp3) is 0.941. The van der Waals surface area contributed by atoms with Crippen molar-refractivity contribution in [3.8, 4) is 0 Å². The van der Waals surface area contributed by atoms with Crippen LogP contribution in [0.3, 0.4) is 0 Å². The summed E-state index contributed by atoms with van der Waals surface area (Å²) in [6.07, 6.45) is 8.20. The number of carbonyl (C=O) groups is 1. The predicted octanol–water partition coefficient (Wildman–Crippen LogP) is 2.85. The van der Waals surface area contributed by atoms with E-state index < -0.39 is 11.4 Å². The minimum Gasteiger partial charge on any atom is -0.481 e. The van der Waals surface area contributed by atoms with Gasteiger partial charge >= 0.3 is 5.97 Å². The normalized spacial score (nSPS) is 45.0. The molecule has 4 fully saturated rings. The van der Waals surface area contributed by atoms with E-state index in [0.717, 1.165) is 64.8 Å². The van der Waals surface area contributed by atoms with Crippen LogP contribution < -0.4 is 0 Å². The highest BCUT2D eigenvalue weighted by Gasteiger charge is 2.61. The molecule has 2 heterocycles. The predicted molar refractivity (Wildman–Crippen MR) is 77.0 cm³/mol. The fourth-order valence-electron chi connectivity index (χ4n) is 5.87. The minimum absolute atomic E-state index is 0.0918. The molecule has 4 nitrogen and oxygen atoms in total. The highest BCUT2D eigenvalue weighted by molar-refractivity contribution is 5.76. The standard InChI is InChI=1S/C17H26O4/c18-15(19)17(10-12-1-2-13(17)9-12)14-3-6-21-16(11-14)4-7-20-8-5-16/h12-14H,1-11H2,(H,18,19). The first-order chi connectivity index (χ1) is 10.1. The molecule has 118 valence electrons. The molecule has 4 unspecified atom stereocenters. The van der Waals surface area contributed by atoms with Gasteiger partial charge in [-0.05, 0) is 62.7 Å². The lowest BCUT2D eigenvalue weighted by molar-refractivity contribution is -0.182. The molecule has 2 aliphatic carbocycles. The van der Waals surface area contributed by atoms with E-state index in [1.54, 1.807) is 0 Å². The van der Waals surface area contributed by atoms with Gasteiger partial charge in [-0.25, -0.2) is 0 Å². The Hall–Kier alpha value is -0.610. The van der Waals surface area contributed by atoms with Crippen molar-refractivity contribution < 1.29 is 19.4 Å². The maximum atomic E-state index is 12.2. The lowest BCUT2D eigenvalue weighted by Crippen LogP contribution is -2.52. The average molecular weight is 294 g/mol. The van der Waals surface area contributed by atoms with Gasteiger partial charge in [0.05, 0.1) is 11.0 Å². The summed E-state index contributed by atoms with van der Waals surface area (Å²) in [5.41, 5.74) is -0.538. The van der Waals surface area contributed by atoms with Crippen LogP contribution in [0.15, 0.2) is 0 Å². The highest BCUT2D eigenvalue weighted by atomic mass is 16.5. The fourth-order valence-corrected chi connectivity index (χ4v) is 5.87. The Balaban J connectivity index is 1.60. The minimum atomic E-state index is -0.524. The number of fused-ring (bicyclic) bond motifs is 2. The number of ether oxygens (including phenoxy) is 2. The van der Waals surface area contributed by atoms with Crippen LogP contribution in [-0.4, -0.2) is 36.5 Å². The van der Waals surface area contributed by atoms with Gasteiger partial charge in [0, 0.05) is 19.8 Å². The molecular formula is C17H26O4. The number of hydrogen-bond acceptors (Lipinski definition) is 3. The molecule has 2 bridgehead atoms. The van der Waals surface area contributed by atoms with Crippen molar-refractivity contribution in [2.24, 2.45) is 23.2 Å². The monoisotopic (exact) mass is 294 g/mol. The Morgan fingerprint density at radius 3 is 2.43 bits per heavy atom. The summed E-state index contributed by atoms with van der Waals surface area (Å²) in [5.74, 6) is 0.862. The molecule has 2 saturated carbocycles. The van der Waals surface area contributed by atoms with Crippen LogP contribution in [0, 0.1) is 23.2 Å². The number of rotatable bonds is 2. The molecule has 4 rings (SSSR count). The third kappa shape index (κ3) is 2.06. The first-order valence-corrected chi connectivity index (χ1v) is 8.60. The SMILES string of the molecule is O=C(O)C1(C2CCOC3(CCOCC3)C2)CC2CCC1C2. The van der Waals surface area contributed by atoms with Crippen molar-refractivity contribution in [3.63, 3.8) is 0 Å². The maximum Gasteiger partial charge on any atom is 0.310 e. The summed E-state index contributed by atoms with van der Waals surface area (Å²) in [4.78, 5) is 12.2. The zero-order valence-corrected chi connectivity index (χ0v) is 12.7. The molecular weight excluding hydrogens is 268 g/mol. The number of carboxylic acid groups (broad SMARTS) is 1. The highest BCUT2D eigenvalue weighted by Crippen LogP contribution is 2.62. The first kappa shape index (κ1) is 14.0. The van der Waals surface area contributed by atoms with E-state index >= 15 is 0 Å². The van der Waals surface area contributed by atoms with Crippen LogP contribution in [0.25, 0.3) is 0 Å². The van der Waals surface area contributed by atoms with Crippen molar-refractivity contribution in [1.29, 1.82) is 0 Å². The van der Waals surface area contributed by atoms with Crippen LogP contribution in [-0.2, 0) is 14.3 Å². The molecule has 0 amide bonds. The van der Waals surface area contributed by atoms with Gasteiger partial charge in [0.2, 0.25) is 0 Å². The largest absolute Gasteiger partial charge is 0.481 e. The molecule has 2 aliphatic heterocycles. The summed E-state index contributed by atoms with van der Waals surface area (Å²) < 4.78 is 11.6. The Kier molecular flexibility index (Phi) is 3.30. The van der Waals surface area contributed by atoms with Gasteiger partial charge in [0.1, 0.15) is 0 Å². The van der Waals surface area contributed by atoms with Crippen LogP contribution >= 0.6 is 0 Å². The van der Waals surface area contributed by atoms with Crippen molar-refractivity contribution in [2.75, 3.05) is 19.8 Å². The third-order valence-electron chi connectivity index (χ3n) is 6.92. The van der Waals surface area contributed by atoms with Gasteiger partial charge in [-0.2, -0.15) is 0 Å². The van der Waals surface area contributed by atoms with Crippen LogP contribution in [0.2, 0.25) is 0 Å². The quantitative estimate of drug-likeness (QED) is 0.851. The van der Waals surface area contributed by atoms with E-state index in [1.807, 2.05) is 0 Å². The molecule has 2 saturated heterocycles. The molecule has 4 aliphatic rings. The second kappa shape index (κ2) is 4.95. The van der Waals surface area contributed by atoms with E-state index in [9.17, 15) is 9.90 Å². The zero-order chi connectivity index (χ0) is 14.5. The van der Waals surface area contributed by atoms with Crippen molar-refractivity contribution in [2.45, 2.75) is 57.0 Å². The average Bonchev–Trinajstić information content (AvgIpc) is 3.09. The van der Waals surface area contributed by atoms with Gasteiger partial charge in [-0.15, -0.1) is 0 Å². The topological polar surface area (TPSA) is 55.8 Å². The Labute approximate surface area is 126 Å². The number of hydrogen-bond donors (Lipinski definition) is 1. The van der Waals surface area contributed by atoms with Gasteiger partial charge in [-0.1, -0.05) is 6.42 Å². The Bertz CT molecular complexity index is 423. The van der Waals surface area contributed by atoms with Crippen molar-refractivity contribution in [3.05, 3.63) is 0 Å². The van der Waals surface area contributed by atoms with Crippen molar-refractivity contribution >= 4 is 5.97 Å². The van der Waals surface area contributed by atoms with E-state index in [-0.39, 0.29) is 5.60 Å². The molecule has 0 radical (unpaired) electrons. The Morgan fingerprint density at radius 1 is 1.00 bits per heavy atom. The lowest BCUT2D eigenvalue weighted by Gasteiger charge is -2.49. The molecule has 0 aromatic heterocycles. The molecule has 0 aromatic rings. The molecule has 1 spiro atoms. The smallest absolute Gasteiger partial charge is 0.310 e. The van der Waals surface area contributed by atoms with Crippen LogP contribution in [0.4, 0.5) is 0 Å². The molecule has 1 N–H and O–H groups in total. The van der Waals surface area contributed by atoms with E-state index in [0.29, 0.717) is 17.8 Å². The molecule has 21 heavy (non-hydrogen) atoms. The maximum absolute atomic E-state index is 12.2. The summed E-state index contributed by atoms with van der Waals surface area (Å²) in [5, 5.41) is 10.1. The number of carboxylic acids is 1. The first-order valence-electron chi connectivity index (χ1n) is 8.60. The summed E-state index contributed by atoms with van der Waals surface area (Å²) in [6, 6.07) is 0. The van der Waals surface area contributed by atoms with Crippen LogP contribution in [0.5, 0.6) is 0 Å². The van der Waals surface area contributed by atoms with Gasteiger partial charge in [-0.3, -0.25) is 4.79 Å². The van der Waals surface area contributed by atoms with E-state index in [4.69, 9.17) is 9.47 Å². The molecule has 0 aromatic carbocycles. The Morgan fingerprint density at radius 2 is 1.81 bits per heavy atom. The summed E-state index contributed by atoms with van der Waals surface area (Å²) in [6.45, 7) is 2.26. The second-order valence-corrected chi connectivity index (χ2v) is 7.76. The zero-order valence-electron chi connectivity index (χ0n) is 12.7. The summed E-state index contributed by atoms with van der Waals surface area (Å²) in [7, 11) is 0. The summed E-state index contributed by atoms with van der Waals surface area (Å²) >= 11 is 0. The second-order valence-electron chi connectivity index (χ2n) is 7.76. The third-order valence-corrected chi connectivity index (χ3v) is 6.92. The van der Waals surface area contributed by atoms with Crippen LogP contribution in [0.1, 0.15) is 51.4 Å². The lowest BCUT2D eigenvalue weighted by atomic mass is 9.60. The molecule has 4 heteroatoms. The van der Waals surface area contributed by atoms with Gasteiger partial charge in [0.25, 0.3) is 0 Å². The van der Waals surface area contributed by atoms with Gasteiger partial charge in [0.15, 0.2) is 0 Å². The van der Waals surface area contributed by atoms with Crippen molar-refractivity contribution in [1.82, 2.24) is 0 Å². The van der Waals surface area contributed by atoms with Gasteiger partial charge < -0.3 is 14.6 Å². The number of aliphatic carboxylic acids is 1. The van der Waals surface area contributed by atoms with E-state index in [2.05, 4.69) is 0 Å². The molecule has 4 atom stereocenters.